The van der Waals surface area contributed by atoms with Gasteiger partial charge in [-0.15, -0.1) is 6.42 Å². The molecule has 0 aromatic heterocycles. The first-order chi connectivity index (χ1) is 9.15. The van der Waals surface area contributed by atoms with Crippen LogP contribution >= 0.6 is 7.37 Å². The zero-order chi connectivity index (χ0) is 15.6. The van der Waals surface area contributed by atoms with Gasteiger partial charge in [-0.25, -0.2) is 4.79 Å². The minimum atomic E-state index is -3.96. The molecule has 1 saturated heterocycles. The summed E-state index contributed by atoms with van der Waals surface area (Å²) in [4.78, 5) is 22.9. The Labute approximate surface area is 113 Å². The van der Waals surface area contributed by atoms with Gasteiger partial charge in [-0.3, -0.25) is 13.9 Å². The van der Waals surface area contributed by atoms with Crippen LogP contribution in [0, 0.1) is 12.3 Å². The molecule has 0 aromatic carbocycles. The van der Waals surface area contributed by atoms with E-state index >= 15 is 0 Å². The predicted molar refractivity (Wildman–Crippen MR) is 62.1 cm³/mol. The van der Waals surface area contributed by atoms with Crippen molar-refractivity contribution in [3.63, 3.8) is 0 Å². The van der Waals surface area contributed by atoms with Crippen LogP contribution in [0.25, 0.3) is 0 Å². The number of ether oxygens (including phenoxy) is 2. The van der Waals surface area contributed by atoms with Gasteiger partial charge in [0.05, 0.1) is 0 Å². The molecule has 9 nitrogen and oxygen atoms in total. The molecule has 0 saturated carbocycles. The number of carbonyl (C=O) groups is 2. The Morgan fingerprint density at radius 1 is 1.50 bits per heavy atom. The fraction of sp³-hybridized carbons (Fsp3) is 0.600. The zero-order valence-corrected chi connectivity index (χ0v) is 11.3. The lowest BCUT2D eigenvalue weighted by molar-refractivity contribution is -0.216. The van der Waals surface area contributed by atoms with Crippen molar-refractivity contribution in [3.8, 4) is 12.3 Å². The summed E-state index contributed by atoms with van der Waals surface area (Å²) in [5.74, 6) is -5.60. The highest BCUT2D eigenvalue weighted by Crippen LogP contribution is 2.77. The molecule has 0 aromatic rings. The van der Waals surface area contributed by atoms with Crippen molar-refractivity contribution in [3.05, 3.63) is 0 Å². The molecule has 0 amide bonds. The molecule has 0 aliphatic carbocycles. The number of rotatable bonds is 7. The number of terminal acetylenes is 1. The minimum absolute atomic E-state index is 0.130. The quantitative estimate of drug-likeness (QED) is 0.126. The van der Waals surface area contributed by atoms with Crippen molar-refractivity contribution >= 4 is 19.1 Å². The number of hydrogen-bond acceptors (Lipinski definition) is 9. The Morgan fingerprint density at radius 3 is 2.60 bits per heavy atom. The molecule has 2 atom stereocenters. The lowest BCUT2D eigenvalue weighted by Gasteiger charge is -2.18. The van der Waals surface area contributed by atoms with Gasteiger partial charge < -0.3 is 24.8 Å². The van der Waals surface area contributed by atoms with Crippen molar-refractivity contribution in [1.29, 1.82) is 0 Å². The molecule has 1 heterocycles. The lowest BCUT2D eigenvalue weighted by Crippen LogP contribution is -2.53. The molecule has 20 heavy (non-hydrogen) atoms. The van der Waals surface area contributed by atoms with Crippen LogP contribution in [0.4, 0.5) is 0 Å². The van der Waals surface area contributed by atoms with Gasteiger partial charge in [0.15, 0.2) is 6.61 Å². The van der Waals surface area contributed by atoms with Crippen LogP contribution in [0.2, 0.25) is 0 Å². The monoisotopic (exact) mass is 308 g/mol. The van der Waals surface area contributed by atoms with E-state index in [4.69, 9.17) is 11.2 Å². The van der Waals surface area contributed by atoms with E-state index in [1.165, 1.54) is 0 Å². The van der Waals surface area contributed by atoms with Gasteiger partial charge in [0.2, 0.25) is 0 Å². The molecule has 2 unspecified atom stereocenters. The second-order valence-electron chi connectivity index (χ2n) is 3.78. The van der Waals surface area contributed by atoms with Crippen LogP contribution in [-0.4, -0.2) is 57.9 Å². The van der Waals surface area contributed by atoms with E-state index in [2.05, 4.69) is 9.26 Å². The van der Waals surface area contributed by atoms with Crippen LogP contribution in [-0.2, 0) is 28.2 Å². The maximum Gasteiger partial charge on any atom is 0.376 e. The van der Waals surface area contributed by atoms with Gasteiger partial charge in [0, 0.05) is 6.61 Å². The molecule has 1 fully saturated rings. The molecule has 3 N–H and O–H groups in total. The van der Waals surface area contributed by atoms with E-state index in [-0.39, 0.29) is 6.61 Å². The van der Waals surface area contributed by atoms with Crippen LogP contribution in [0.1, 0.15) is 6.92 Å². The topological polar surface area (TPSA) is 143 Å². The summed E-state index contributed by atoms with van der Waals surface area (Å²) in [5.41, 5.74) is -2.99. The number of aliphatic hydroxyl groups is 3. The highest BCUT2D eigenvalue weighted by atomic mass is 31.2. The van der Waals surface area contributed by atoms with Crippen LogP contribution in [0.15, 0.2) is 0 Å². The number of Topliss-reactive ketones (excluding diaryl/α,β-unsaturated/α-hetero) is 1. The van der Waals surface area contributed by atoms with E-state index < -0.39 is 43.4 Å². The second-order valence-corrected chi connectivity index (χ2v) is 6.17. The zero-order valence-electron chi connectivity index (χ0n) is 10.4. The third kappa shape index (κ3) is 2.76. The first-order valence-electron chi connectivity index (χ1n) is 5.36. The lowest BCUT2D eigenvalue weighted by atomic mass is 10.1. The summed E-state index contributed by atoms with van der Waals surface area (Å²) >= 11 is 0. The fourth-order valence-electron chi connectivity index (χ4n) is 1.23. The SMILES string of the molecule is C#CCOC(=O)C(O)(O)C(=O)C1(O)OP1(=O)COCC. The molecule has 0 radical (unpaired) electrons. The number of esters is 1. The molecular weight excluding hydrogens is 295 g/mol. The minimum Gasteiger partial charge on any atom is -0.448 e. The van der Waals surface area contributed by atoms with Gasteiger partial charge >= 0.3 is 17.3 Å². The van der Waals surface area contributed by atoms with Gasteiger partial charge in [-0.05, 0) is 6.92 Å². The summed E-state index contributed by atoms with van der Waals surface area (Å²) in [7, 11) is -3.96. The predicted octanol–water partition coefficient (Wildman–Crippen LogP) is -1.64. The summed E-state index contributed by atoms with van der Waals surface area (Å²) in [6.07, 6.45) is 4.17. The van der Waals surface area contributed by atoms with Gasteiger partial charge in [-0.1, -0.05) is 5.92 Å². The van der Waals surface area contributed by atoms with E-state index in [9.17, 15) is 29.5 Å². The second kappa shape index (κ2) is 5.61. The number of hydrogen-bond donors (Lipinski definition) is 3. The van der Waals surface area contributed by atoms with E-state index in [1.54, 1.807) is 6.92 Å². The van der Waals surface area contributed by atoms with Crippen LogP contribution < -0.4 is 0 Å². The maximum atomic E-state index is 11.8. The summed E-state index contributed by atoms with van der Waals surface area (Å²) in [5, 5.41) is 28.4. The van der Waals surface area contributed by atoms with Crippen LogP contribution in [0.5, 0.6) is 0 Å². The molecule has 0 spiro atoms. The average Bonchev–Trinajstić information content (AvgIpc) is 2.96. The highest BCUT2D eigenvalue weighted by Gasteiger charge is 2.77. The van der Waals surface area contributed by atoms with Crippen LogP contribution in [0.3, 0.4) is 0 Å². The number of ketones is 1. The van der Waals surface area contributed by atoms with Crippen molar-refractivity contribution in [1.82, 2.24) is 0 Å². The molecule has 1 aliphatic heterocycles. The first kappa shape index (κ1) is 16.8. The van der Waals surface area contributed by atoms with Crippen molar-refractivity contribution in [2.45, 2.75) is 18.2 Å². The fourth-order valence-corrected chi connectivity index (χ4v) is 3.08. The summed E-state index contributed by atoms with van der Waals surface area (Å²) in [6.45, 7) is 1.08. The van der Waals surface area contributed by atoms with Gasteiger partial charge in [0.25, 0.3) is 13.2 Å². The van der Waals surface area contributed by atoms with E-state index in [1.807, 2.05) is 5.92 Å². The first-order valence-corrected chi connectivity index (χ1v) is 7.17. The van der Waals surface area contributed by atoms with Crippen molar-refractivity contribution < 1.29 is 43.5 Å². The van der Waals surface area contributed by atoms with Gasteiger partial charge in [-0.2, -0.15) is 0 Å². The molecule has 112 valence electrons. The Hall–Kier alpha value is -1.27. The third-order valence-electron chi connectivity index (χ3n) is 2.35. The highest BCUT2D eigenvalue weighted by molar-refractivity contribution is 7.67. The maximum absolute atomic E-state index is 11.8. The van der Waals surface area contributed by atoms with Crippen molar-refractivity contribution in [2.24, 2.45) is 0 Å². The third-order valence-corrected chi connectivity index (χ3v) is 4.49. The molecule has 10 heteroatoms. The van der Waals surface area contributed by atoms with Crippen molar-refractivity contribution in [2.75, 3.05) is 19.6 Å². The smallest absolute Gasteiger partial charge is 0.376 e. The molecule has 1 aliphatic rings. The Balaban J connectivity index is 2.83. The molecule has 0 bridgehead atoms. The normalized spacial score (nSPS) is 28.6. The molecule has 1 rings (SSSR count). The van der Waals surface area contributed by atoms with E-state index in [0.29, 0.717) is 0 Å². The Kier molecular flexibility index (Phi) is 4.71. The standard InChI is InChI=1S/C10H13O9P/c1-3-5-18-8(12)9(13,14)7(11)10(15)19-20(10,16)6-17-4-2/h1,13-15H,4-6H2,2H3. The Bertz CT molecular complexity index is 505. The summed E-state index contributed by atoms with van der Waals surface area (Å²) in [6, 6.07) is 0. The largest absolute Gasteiger partial charge is 0.448 e. The average molecular weight is 308 g/mol. The van der Waals surface area contributed by atoms with Gasteiger partial charge in [0.1, 0.15) is 6.35 Å². The Morgan fingerprint density at radius 2 is 2.10 bits per heavy atom. The number of carbonyl (C=O) groups excluding carboxylic acids is 2. The summed E-state index contributed by atoms with van der Waals surface area (Å²) < 4.78 is 25.1. The van der Waals surface area contributed by atoms with E-state index in [0.717, 1.165) is 0 Å². The molecular formula is C10H13O9P.